The van der Waals surface area contributed by atoms with E-state index in [-0.39, 0.29) is 0 Å². The molecule has 0 amide bonds. The maximum atomic E-state index is 2.38. The van der Waals surface area contributed by atoms with Crippen molar-refractivity contribution in [3.05, 3.63) is 35.9 Å². The SMILES string of the molecule is CC1(C)CC[NH+](Cc2ccccc2)C1. The molecule has 1 aromatic rings. The molecule has 1 fully saturated rings. The van der Waals surface area contributed by atoms with Crippen molar-refractivity contribution < 1.29 is 4.90 Å². The van der Waals surface area contributed by atoms with E-state index >= 15 is 0 Å². The van der Waals surface area contributed by atoms with Gasteiger partial charge in [0.05, 0.1) is 13.1 Å². The number of benzene rings is 1. The molecule has 2 rings (SSSR count). The molecule has 0 bridgehead atoms. The minimum Gasteiger partial charge on any atom is -0.331 e. The Balaban J connectivity index is 1.94. The summed E-state index contributed by atoms with van der Waals surface area (Å²) in [5.41, 5.74) is 2.03. The van der Waals surface area contributed by atoms with Crippen LogP contribution in [-0.2, 0) is 6.54 Å². The predicted molar refractivity (Wildman–Crippen MR) is 59.2 cm³/mol. The summed E-state index contributed by atoms with van der Waals surface area (Å²) in [6, 6.07) is 10.8. The zero-order valence-electron chi connectivity index (χ0n) is 9.22. The number of hydrogen-bond acceptors (Lipinski definition) is 0. The third-order valence-corrected chi connectivity index (χ3v) is 3.18. The summed E-state index contributed by atoms with van der Waals surface area (Å²) in [4.78, 5) is 1.74. The molecule has 1 aromatic carbocycles. The number of rotatable bonds is 2. The quantitative estimate of drug-likeness (QED) is 0.721. The molecule has 1 aliphatic rings. The molecule has 0 radical (unpaired) electrons. The van der Waals surface area contributed by atoms with Crippen LogP contribution >= 0.6 is 0 Å². The van der Waals surface area contributed by atoms with Crippen molar-refractivity contribution in [2.45, 2.75) is 26.8 Å². The highest BCUT2D eigenvalue weighted by Gasteiger charge is 2.32. The van der Waals surface area contributed by atoms with Crippen LogP contribution < -0.4 is 4.90 Å². The Bertz CT molecular complexity index is 289. The first-order valence-corrected chi connectivity index (χ1v) is 5.53. The topological polar surface area (TPSA) is 4.44 Å². The van der Waals surface area contributed by atoms with Gasteiger partial charge in [-0.25, -0.2) is 0 Å². The molecule has 1 aliphatic heterocycles. The van der Waals surface area contributed by atoms with Crippen molar-refractivity contribution in [2.75, 3.05) is 13.1 Å². The summed E-state index contributed by atoms with van der Waals surface area (Å²) >= 11 is 0. The molecule has 0 aromatic heterocycles. The largest absolute Gasteiger partial charge is 0.331 e. The van der Waals surface area contributed by atoms with Gasteiger partial charge < -0.3 is 4.90 Å². The van der Waals surface area contributed by atoms with Gasteiger partial charge in [0.15, 0.2) is 0 Å². The second kappa shape index (κ2) is 3.74. The molecule has 14 heavy (non-hydrogen) atoms. The van der Waals surface area contributed by atoms with Gasteiger partial charge in [0.25, 0.3) is 0 Å². The molecule has 1 saturated heterocycles. The van der Waals surface area contributed by atoms with Crippen LogP contribution in [-0.4, -0.2) is 13.1 Å². The van der Waals surface area contributed by atoms with Crippen LogP contribution in [0, 0.1) is 5.41 Å². The van der Waals surface area contributed by atoms with E-state index in [0.29, 0.717) is 5.41 Å². The first kappa shape index (κ1) is 9.72. The highest BCUT2D eigenvalue weighted by Crippen LogP contribution is 2.20. The van der Waals surface area contributed by atoms with Crippen molar-refractivity contribution in [1.82, 2.24) is 0 Å². The van der Waals surface area contributed by atoms with Gasteiger partial charge in [-0.2, -0.15) is 0 Å². The highest BCUT2D eigenvalue weighted by atomic mass is 15.1. The van der Waals surface area contributed by atoms with E-state index < -0.39 is 0 Å². The Morgan fingerprint density at radius 2 is 1.93 bits per heavy atom. The molecule has 1 heterocycles. The molecule has 0 saturated carbocycles. The minimum atomic E-state index is 0.560. The highest BCUT2D eigenvalue weighted by molar-refractivity contribution is 5.13. The molecule has 1 atom stereocenters. The lowest BCUT2D eigenvalue weighted by atomic mass is 9.93. The smallest absolute Gasteiger partial charge is 0.103 e. The lowest BCUT2D eigenvalue weighted by Crippen LogP contribution is -3.09. The maximum absolute atomic E-state index is 2.38. The zero-order chi connectivity index (χ0) is 10.0. The van der Waals surface area contributed by atoms with Crippen molar-refractivity contribution in [3.63, 3.8) is 0 Å². The Labute approximate surface area is 86.7 Å². The van der Waals surface area contributed by atoms with Crippen LogP contribution in [0.15, 0.2) is 30.3 Å². The van der Waals surface area contributed by atoms with Gasteiger partial charge in [0.2, 0.25) is 0 Å². The molecule has 1 N–H and O–H groups in total. The third-order valence-electron chi connectivity index (χ3n) is 3.18. The van der Waals surface area contributed by atoms with E-state index in [9.17, 15) is 0 Å². The fourth-order valence-corrected chi connectivity index (χ4v) is 2.40. The van der Waals surface area contributed by atoms with Crippen LogP contribution in [0.25, 0.3) is 0 Å². The Kier molecular flexibility index (Phi) is 2.60. The zero-order valence-corrected chi connectivity index (χ0v) is 9.22. The Morgan fingerprint density at radius 1 is 1.21 bits per heavy atom. The van der Waals surface area contributed by atoms with Gasteiger partial charge in [0.1, 0.15) is 6.54 Å². The number of quaternary nitrogens is 1. The van der Waals surface area contributed by atoms with Crippen molar-refractivity contribution in [3.8, 4) is 0 Å². The number of nitrogens with one attached hydrogen (secondary N) is 1. The van der Waals surface area contributed by atoms with Gasteiger partial charge >= 0.3 is 0 Å². The van der Waals surface area contributed by atoms with Gasteiger partial charge in [-0.15, -0.1) is 0 Å². The van der Waals surface area contributed by atoms with Crippen LogP contribution in [0.2, 0.25) is 0 Å². The molecule has 1 heteroatoms. The van der Waals surface area contributed by atoms with Crippen LogP contribution in [0.1, 0.15) is 25.8 Å². The molecule has 76 valence electrons. The maximum Gasteiger partial charge on any atom is 0.103 e. The summed E-state index contributed by atoms with van der Waals surface area (Å²) in [5, 5.41) is 0. The standard InChI is InChI=1S/C13H19N/c1-13(2)8-9-14(11-13)10-12-6-4-3-5-7-12/h3-7H,8-11H2,1-2H3/p+1. The third kappa shape index (κ3) is 2.36. The van der Waals surface area contributed by atoms with E-state index in [2.05, 4.69) is 44.2 Å². The fourth-order valence-electron chi connectivity index (χ4n) is 2.40. The van der Waals surface area contributed by atoms with Crippen LogP contribution in [0.5, 0.6) is 0 Å². The molecule has 0 aliphatic carbocycles. The average Bonchev–Trinajstić information content (AvgIpc) is 2.47. The molecule has 0 spiro atoms. The van der Waals surface area contributed by atoms with Crippen LogP contribution in [0.4, 0.5) is 0 Å². The van der Waals surface area contributed by atoms with Crippen LogP contribution in [0.3, 0.4) is 0 Å². The van der Waals surface area contributed by atoms with Gasteiger partial charge in [-0.1, -0.05) is 44.2 Å². The van der Waals surface area contributed by atoms with Crippen molar-refractivity contribution in [1.29, 1.82) is 0 Å². The average molecular weight is 190 g/mol. The Morgan fingerprint density at radius 3 is 2.50 bits per heavy atom. The predicted octanol–water partition coefficient (Wildman–Crippen LogP) is 1.50. The van der Waals surface area contributed by atoms with Gasteiger partial charge in [-0.3, -0.25) is 0 Å². The molecular formula is C13H20N+. The summed E-state index contributed by atoms with van der Waals surface area (Å²) in [5.74, 6) is 0. The first-order valence-electron chi connectivity index (χ1n) is 5.53. The second-order valence-corrected chi connectivity index (χ2v) is 5.25. The lowest BCUT2D eigenvalue weighted by molar-refractivity contribution is -0.904. The summed E-state index contributed by atoms with van der Waals surface area (Å²) in [6.45, 7) is 8.62. The van der Waals surface area contributed by atoms with Gasteiger partial charge in [0, 0.05) is 17.4 Å². The van der Waals surface area contributed by atoms with E-state index in [1.165, 1.54) is 31.6 Å². The molecular weight excluding hydrogens is 170 g/mol. The second-order valence-electron chi connectivity index (χ2n) is 5.25. The summed E-state index contributed by atoms with van der Waals surface area (Å²) in [7, 11) is 0. The fraction of sp³-hybridized carbons (Fsp3) is 0.538. The molecule has 1 nitrogen and oxygen atoms in total. The molecule has 1 unspecified atom stereocenters. The van der Waals surface area contributed by atoms with Gasteiger partial charge in [-0.05, 0) is 0 Å². The monoisotopic (exact) mass is 190 g/mol. The van der Waals surface area contributed by atoms with Crippen molar-refractivity contribution in [2.24, 2.45) is 5.41 Å². The minimum absolute atomic E-state index is 0.560. The number of hydrogen-bond donors (Lipinski definition) is 1. The summed E-state index contributed by atoms with van der Waals surface area (Å²) in [6.07, 6.45) is 1.37. The van der Waals surface area contributed by atoms with E-state index in [1.54, 1.807) is 4.90 Å². The lowest BCUT2D eigenvalue weighted by Gasteiger charge is -2.16. The van der Waals surface area contributed by atoms with E-state index in [4.69, 9.17) is 0 Å². The summed E-state index contributed by atoms with van der Waals surface area (Å²) < 4.78 is 0. The first-order chi connectivity index (χ1) is 6.66. The normalized spacial score (nSPS) is 25.1. The number of likely N-dealkylation sites (tertiary alicyclic amines) is 1. The van der Waals surface area contributed by atoms with Crippen molar-refractivity contribution >= 4 is 0 Å². The van der Waals surface area contributed by atoms with E-state index in [1.807, 2.05) is 0 Å². The van der Waals surface area contributed by atoms with E-state index in [0.717, 1.165) is 0 Å². The Hall–Kier alpha value is -0.820.